The second kappa shape index (κ2) is 6.62. The van der Waals surface area contributed by atoms with Crippen LogP contribution in [-0.2, 0) is 0 Å². The van der Waals surface area contributed by atoms with E-state index in [1.807, 2.05) is 30.0 Å². The average molecular weight is 271 g/mol. The number of piperidine rings is 1. The van der Waals surface area contributed by atoms with E-state index in [9.17, 15) is 0 Å². The Kier molecular flexibility index (Phi) is 5.14. The van der Waals surface area contributed by atoms with Crippen molar-refractivity contribution >= 4 is 23.4 Å². The zero-order valence-electron chi connectivity index (χ0n) is 10.2. The van der Waals surface area contributed by atoms with Gasteiger partial charge in [0.2, 0.25) is 0 Å². The molecule has 0 bridgehead atoms. The molecular weight excluding hydrogens is 252 g/mol. The highest BCUT2D eigenvalue weighted by Crippen LogP contribution is 2.23. The third-order valence-corrected chi connectivity index (χ3v) is 4.49. The summed E-state index contributed by atoms with van der Waals surface area (Å²) < 4.78 is 0. The highest BCUT2D eigenvalue weighted by atomic mass is 35.5. The molecule has 1 aromatic heterocycles. The van der Waals surface area contributed by atoms with Crippen molar-refractivity contribution in [2.75, 3.05) is 19.3 Å². The Morgan fingerprint density at radius 2 is 2.35 bits per heavy atom. The van der Waals surface area contributed by atoms with Crippen LogP contribution in [0.15, 0.2) is 23.2 Å². The first-order chi connectivity index (χ1) is 8.25. The Bertz CT molecular complexity index is 359. The standard InChI is InChI=1S/C13H19ClN2S/c1-16-9-3-2-5-11(16)8-10-17-13-7-4-6-12(14)15-13/h4,6-7,11H,2-3,5,8-10H2,1H3. The lowest BCUT2D eigenvalue weighted by Gasteiger charge is -2.32. The molecule has 2 nitrogen and oxygen atoms in total. The largest absolute Gasteiger partial charge is 0.303 e. The third-order valence-electron chi connectivity index (χ3n) is 3.31. The Labute approximate surface area is 113 Å². The van der Waals surface area contributed by atoms with Crippen LogP contribution in [0.5, 0.6) is 0 Å². The zero-order valence-corrected chi connectivity index (χ0v) is 11.8. The molecule has 2 rings (SSSR count). The molecule has 0 aromatic carbocycles. The molecule has 0 aliphatic carbocycles. The van der Waals surface area contributed by atoms with Crippen LogP contribution in [-0.4, -0.2) is 35.3 Å². The number of thioether (sulfide) groups is 1. The van der Waals surface area contributed by atoms with Crippen LogP contribution in [0.1, 0.15) is 25.7 Å². The lowest BCUT2D eigenvalue weighted by molar-refractivity contribution is 0.182. The molecule has 2 heterocycles. The van der Waals surface area contributed by atoms with Crippen molar-refractivity contribution in [2.45, 2.75) is 36.8 Å². The quantitative estimate of drug-likeness (QED) is 0.613. The number of aromatic nitrogens is 1. The number of hydrogen-bond acceptors (Lipinski definition) is 3. The Morgan fingerprint density at radius 3 is 3.12 bits per heavy atom. The molecule has 1 unspecified atom stereocenters. The highest BCUT2D eigenvalue weighted by molar-refractivity contribution is 7.99. The fourth-order valence-corrected chi connectivity index (χ4v) is 3.43. The van der Waals surface area contributed by atoms with Gasteiger partial charge in [-0.1, -0.05) is 24.1 Å². The van der Waals surface area contributed by atoms with Crippen molar-refractivity contribution in [1.29, 1.82) is 0 Å². The molecule has 1 aliphatic heterocycles. The minimum Gasteiger partial charge on any atom is -0.303 e. The maximum Gasteiger partial charge on any atom is 0.130 e. The molecule has 0 spiro atoms. The number of nitrogens with zero attached hydrogens (tertiary/aromatic N) is 2. The van der Waals surface area contributed by atoms with E-state index in [0.29, 0.717) is 5.15 Å². The van der Waals surface area contributed by atoms with Crippen molar-refractivity contribution in [3.05, 3.63) is 23.4 Å². The molecule has 0 amide bonds. The molecule has 17 heavy (non-hydrogen) atoms. The third kappa shape index (κ3) is 4.16. The second-order valence-electron chi connectivity index (χ2n) is 4.57. The monoisotopic (exact) mass is 270 g/mol. The van der Waals surface area contributed by atoms with Crippen molar-refractivity contribution < 1.29 is 0 Å². The number of likely N-dealkylation sites (tertiary alicyclic amines) is 1. The van der Waals surface area contributed by atoms with E-state index < -0.39 is 0 Å². The topological polar surface area (TPSA) is 16.1 Å². The minimum atomic E-state index is 0.588. The predicted molar refractivity (Wildman–Crippen MR) is 74.9 cm³/mol. The lowest BCUT2D eigenvalue weighted by atomic mass is 10.0. The summed E-state index contributed by atoms with van der Waals surface area (Å²) in [5.74, 6) is 1.13. The van der Waals surface area contributed by atoms with Crippen LogP contribution < -0.4 is 0 Å². The SMILES string of the molecule is CN1CCCCC1CCSc1cccc(Cl)n1. The van der Waals surface area contributed by atoms with Gasteiger partial charge in [-0.3, -0.25) is 0 Å². The highest BCUT2D eigenvalue weighted by Gasteiger charge is 2.18. The Hall–Kier alpha value is -0.250. The molecule has 0 radical (unpaired) electrons. The molecule has 0 saturated carbocycles. The molecule has 1 aliphatic rings. The average Bonchev–Trinajstić information content (AvgIpc) is 2.32. The van der Waals surface area contributed by atoms with Gasteiger partial charge in [0.25, 0.3) is 0 Å². The van der Waals surface area contributed by atoms with Gasteiger partial charge >= 0.3 is 0 Å². The van der Waals surface area contributed by atoms with Gasteiger partial charge < -0.3 is 4.90 Å². The van der Waals surface area contributed by atoms with Crippen LogP contribution in [0.25, 0.3) is 0 Å². The molecule has 1 fully saturated rings. The first kappa shape index (κ1) is 13.2. The van der Waals surface area contributed by atoms with E-state index in [4.69, 9.17) is 11.6 Å². The molecule has 4 heteroatoms. The van der Waals surface area contributed by atoms with Crippen molar-refractivity contribution in [3.8, 4) is 0 Å². The van der Waals surface area contributed by atoms with Gasteiger partial charge in [0, 0.05) is 11.8 Å². The van der Waals surface area contributed by atoms with Crippen molar-refractivity contribution in [3.63, 3.8) is 0 Å². The smallest absolute Gasteiger partial charge is 0.130 e. The fraction of sp³-hybridized carbons (Fsp3) is 0.615. The summed E-state index contributed by atoms with van der Waals surface area (Å²) in [5, 5.41) is 1.63. The zero-order chi connectivity index (χ0) is 12.1. The van der Waals surface area contributed by atoms with Gasteiger partial charge in [0.05, 0.1) is 5.03 Å². The molecule has 1 aromatic rings. The number of rotatable bonds is 4. The lowest BCUT2D eigenvalue weighted by Crippen LogP contribution is -2.36. The first-order valence-electron chi connectivity index (χ1n) is 6.21. The van der Waals surface area contributed by atoms with Gasteiger partial charge in [-0.25, -0.2) is 4.98 Å². The molecular formula is C13H19ClN2S. The molecule has 0 N–H and O–H groups in total. The van der Waals surface area contributed by atoms with Crippen LogP contribution in [0.2, 0.25) is 5.15 Å². The van der Waals surface area contributed by atoms with E-state index in [1.54, 1.807) is 0 Å². The number of halogens is 1. The second-order valence-corrected chi connectivity index (χ2v) is 6.07. The number of hydrogen-bond donors (Lipinski definition) is 0. The molecule has 1 atom stereocenters. The van der Waals surface area contributed by atoms with E-state index in [2.05, 4.69) is 16.9 Å². The van der Waals surface area contributed by atoms with Crippen molar-refractivity contribution in [1.82, 2.24) is 9.88 Å². The van der Waals surface area contributed by atoms with Crippen LogP contribution >= 0.6 is 23.4 Å². The van der Waals surface area contributed by atoms with Gasteiger partial charge in [-0.15, -0.1) is 11.8 Å². The normalized spacial score (nSPS) is 21.6. The molecule has 94 valence electrons. The van der Waals surface area contributed by atoms with E-state index >= 15 is 0 Å². The Balaban J connectivity index is 1.75. The van der Waals surface area contributed by atoms with Crippen molar-refractivity contribution in [2.24, 2.45) is 0 Å². The van der Waals surface area contributed by atoms with E-state index in [0.717, 1.165) is 16.8 Å². The fourth-order valence-electron chi connectivity index (χ4n) is 2.28. The summed E-state index contributed by atoms with van der Waals surface area (Å²) in [7, 11) is 2.24. The maximum absolute atomic E-state index is 5.86. The van der Waals surface area contributed by atoms with Gasteiger partial charge in [-0.05, 0) is 45.0 Å². The van der Waals surface area contributed by atoms with Crippen LogP contribution in [0, 0.1) is 0 Å². The number of pyridine rings is 1. The summed E-state index contributed by atoms with van der Waals surface area (Å²) in [5.41, 5.74) is 0. The maximum atomic E-state index is 5.86. The first-order valence-corrected chi connectivity index (χ1v) is 7.57. The summed E-state index contributed by atoms with van der Waals surface area (Å²) in [6.07, 6.45) is 5.33. The van der Waals surface area contributed by atoms with Gasteiger partial charge in [0.1, 0.15) is 5.15 Å². The summed E-state index contributed by atoms with van der Waals surface area (Å²) in [6.45, 7) is 1.25. The van der Waals surface area contributed by atoms with Crippen LogP contribution in [0.3, 0.4) is 0 Å². The van der Waals surface area contributed by atoms with Crippen LogP contribution in [0.4, 0.5) is 0 Å². The minimum absolute atomic E-state index is 0.588. The predicted octanol–water partition coefficient (Wildman–Crippen LogP) is 3.70. The summed E-state index contributed by atoms with van der Waals surface area (Å²) >= 11 is 7.67. The van der Waals surface area contributed by atoms with Gasteiger partial charge in [0.15, 0.2) is 0 Å². The molecule has 1 saturated heterocycles. The summed E-state index contributed by atoms with van der Waals surface area (Å²) in [4.78, 5) is 6.79. The van der Waals surface area contributed by atoms with E-state index in [1.165, 1.54) is 32.2 Å². The Morgan fingerprint density at radius 1 is 1.47 bits per heavy atom. The van der Waals surface area contributed by atoms with Gasteiger partial charge in [-0.2, -0.15) is 0 Å². The summed E-state index contributed by atoms with van der Waals surface area (Å²) in [6, 6.07) is 6.57. The van der Waals surface area contributed by atoms with E-state index in [-0.39, 0.29) is 0 Å².